The second-order valence-electron chi connectivity index (χ2n) is 5.78. The summed E-state index contributed by atoms with van der Waals surface area (Å²) in [5.74, 6) is -0.154. The van der Waals surface area contributed by atoms with Crippen molar-refractivity contribution in [1.29, 1.82) is 0 Å². The molecule has 0 saturated carbocycles. The Hall–Kier alpha value is -1.98. The van der Waals surface area contributed by atoms with Crippen LogP contribution in [0.5, 0.6) is 0 Å². The van der Waals surface area contributed by atoms with Crippen LogP contribution in [-0.4, -0.2) is 25.6 Å². The zero-order valence-electron chi connectivity index (χ0n) is 13.8. The molecule has 122 valence electrons. The summed E-state index contributed by atoms with van der Waals surface area (Å²) in [7, 11) is -2.09. The first kappa shape index (κ1) is 17.4. The van der Waals surface area contributed by atoms with Gasteiger partial charge in [0.25, 0.3) is 0 Å². The summed E-state index contributed by atoms with van der Waals surface area (Å²) in [5, 5.41) is 0. The van der Waals surface area contributed by atoms with E-state index in [1.807, 2.05) is 32.0 Å². The van der Waals surface area contributed by atoms with E-state index in [-0.39, 0.29) is 10.7 Å². The molecule has 0 radical (unpaired) electrons. The maximum Gasteiger partial charge on any atom is 0.243 e. The summed E-state index contributed by atoms with van der Waals surface area (Å²) in [4.78, 5) is 11.6. The molecule has 0 bridgehead atoms. The van der Waals surface area contributed by atoms with Crippen LogP contribution in [-0.2, 0) is 16.6 Å². The van der Waals surface area contributed by atoms with E-state index in [0.29, 0.717) is 12.1 Å². The number of hydrogen-bond acceptors (Lipinski definition) is 3. The summed E-state index contributed by atoms with van der Waals surface area (Å²) in [6, 6.07) is 12.1. The van der Waals surface area contributed by atoms with Crippen molar-refractivity contribution in [2.75, 3.05) is 7.05 Å². The predicted octanol–water partition coefficient (Wildman–Crippen LogP) is 3.33. The highest BCUT2D eigenvalue weighted by Gasteiger charge is 2.22. The van der Waals surface area contributed by atoms with Crippen LogP contribution in [0.1, 0.15) is 34.0 Å². The number of ketones is 1. The summed E-state index contributed by atoms with van der Waals surface area (Å²) < 4.78 is 26.7. The fraction of sp³-hybridized carbons (Fsp3) is 0.278. The van der Waals surface area contributed by atoms with E-state index < -0.39 is 10.0 Å². The van der Waals surface area contributed by atoms with Gasteiger partial charge in [0.1, 0.15) is 0 Å². The Morgan fingerprint density at radius 2 is 1.78 bits per heavy atom. The summed E-state index contributed by atoms with van der Waals surface area (Å²) >= 11 is 0. The number of carbonyl (C=O) groups excluding carboxylic acids is 1. The van der Waals surface area contributed by atoms with Crippen molar-refractivity contribution in [1.82, 2.24) is 4.31 Å². The number of nitrogens with zero attached hydrogens (tertiary/aromatic N) is 1. The highest BCUT2D eigenvalue weighted by atomic mass is 32.2. The molecule has 2 aromatic rings. The molecule has 0 saturated heterocycles. The number of sulfonamides is 1. The molecule has 0 aliphatic rings. The van der Waals surface area contributed by atoms with Gasteiger partial charge in [-0.25, -0.2) is 8.42 Å². The van der Waals surface area contributed by atoms with Gasteiger partial charge in [-0.3, -0.25) is 4.79 Å². The summed E-state index contributed by atoms with van der Waals surface area (Å²) in [6.07, 6.45) is 0. The molecule has 0 aliphatic heterocycles. The number of Topliss-reactive ketones (excluding diaryl/α,β-unsaturated/α-hetero) is 1. The molecule has 0 atom stereocenters. The van der Waals surface area contributed by atoms with Gasteiger partial charge in [-0.1, -0.05) is 35.9 Å². The van der Waals surface area contributed by atoms with Gasteiger partial charge in [0, 0.05) is 19.2 Å². The van der Waals surface area contributed by atoms with Crippen molar-refractivity contribution in [2.24, 2.45) is 0 Å². The van der Waals surface area contributed by atoms with Crippen LogP contribution in [0.2, 0.25) is 0 Å². The molecular weight excluding hydrogens is 310 g/mol. The van der Waals surface area contributed by atoms with Gasteiger partial charge in [0.15, 0.2) is 5.78 Å². The number of benzene rings is 2. The molecule has 0 aromatic heterocycles. The molecule has 0 aliphatic carbocycles. The third-order valence-corrected chi connectivity index (χ3v) is 5.64. The zero-order valence-corrected chi connectivity index (χ0v) is 14.6. The molecule has 5 heteroatoms. The van der Waals surface area contributed by atoms with Crippen molar-refractivity contribution in [2.45, 2.75) is 32.2 Å². The fourth-order valence-electron chi connectivity index (χ4n) is 2.40. The Morgan fingerprint density at radius 1 is 1.09 bits per heavy atom. The lowest BCUT2D eigenvalue weighted by Gasteiger charge is -2.19. The third kappa shape index (κ3) is 3.86. The monoisotopic (exact) mass is 331 g/mol. The van der Waals surface area contributed by atoms with E-state index in [9.17, 15) is 13.2 Å². The third-order valence-electron chi connectivity index (χ3n) is 3.84. The molecule has 0 spiro atoms. The fourth-order valence-corrected chi connectivity index (χ4v) is 3.60. The van der Waals surface area contributed by atoms with Gasteiger partial charge in [0.05, 0.1) is 4.90 Å². The number of hydrogen-bond donors (Lipinski definition) is 0. The Morgan fingerprint density at radius 3 is 2.39 bits per heavy atom. The Bertz CT molecular complexity index is 841. The lowest BCUT2D eigenvalue weighted by molar-refractivity contribution is 0.101. The SMILES string of the molecule is CC(=O)c1cccc(S(=O)(=O)N(C)Cc2ccc(C)cc2C)c1. The smallest absolute Gasteiger partial charge is 0.243 e. The van der Waals surface area contributed by atoms with Gasteiger partial charge in [0.2, 0.25) is 10.0 Å². The van der Waals surface area contributed by atoms with Gasteiger partial charge in [-0.2, -0.15) is 4.31 Å². The van der Waals surface area contributed by atoms with E-state index in [2.05, 4.69) is 0 Å². The van der Waals surface area contributed by atoms with E-state index in [4.69, 9.17) is 0 Å². The van der Waals surface area contributed by atoms with Gasteiger partial charge < -0.3 is 0 Å². The topological polar surface area (TPSA) is 54.5 Å². The van der Waals surface area contributed by atoms with E-state index >= 15 is 0 Å². The number of aryl methyl sites for hydroxylation is 2. The minimum absolute atomic E-state index is 0.137. The molecular formula is C18H21NO3S. The van der Waals surface area contributed by atoms with Gasteiger partial charge >= 0.3 is 0 Å². The highest BCUT2D eigenvalue weighted by molar-refractivity contribution is 7.89. The molecule has 0 unspecified atom stereocenters. The molecule has 4 nitrogen and oxygen atoms in total. The Labute approximate surface area is 137 Å². The molecule has 2 rings (SSSR count). The summed E-state index contributed by atoms with van der Waals surface area (Å²) in [5.41, 5.74) is 3.56. The van der Waals surface area contributed by atoms with Crippen LogP contribution < -0.4 is 0 Å². The van der Waals surface area contributed by atoms with E-state index in [1.165, 1.54) is 23.4 Å². The quantitative estimate of drug-likeness (QED) is 0.790. The second-order valence-corrected chi connectivity index (χ2v) is 7.82. The molecule has 23 heavy (non-hydrogen) atoms. The van der Waals surface area contributed by atoms with Crippen LogP contribution in [0.25, 0.3) is 0 Å². The first-order valence-electron chi connectivity index (χ1n) is 7.35. The zero-order chi connectivity index (χ0) is 17.2. The van der Waals surface area contributed by atoms with Crippen LogP contribution in [0, 0.1) is 13.8 Å². The van der Waals surface area contributed by atoms with Crippen LogP contribution in [0.3, 0.4) is 0 Å². The molecule has 2 aromatic carbocycles. The first-order chi connectivity index (χ1) is 10.7. The predicted molar refractivity (Wildman–Crippen MR) is 91.0 cm³/mol. The average Bonchev–Trinajstić information content (AvgIpc) is 2.50. The molecule has 0 N–H and O–H groups in total. The molecule has 0 fully saturated rings. The maximum atomic E-state index is 12.7. The second kappa shape index (κ2) is 6.64. The van der Waals surface area contributed by atoms with Crippen molar-refractivity contribution < 1.29 is 13.2 Å². The number of rotatable bonds is 5. The highest BCUT2D eigenvalue weighted by Crippen LogP contribution is 2.20. The van der Waals surface area contributed by atoms with Gasteiger partial charge in [-0.15, -0.1) is 0 Å². The maximum absolute atomic E-state index is 12.7. The molecule has 0 amide bonds. The van der Waals surface area contributed by atoms with Crippen LogP contribution in [0.4, 0.5) is 0 Å². The Kier molecular flexibility index (Phi) is 5.02. The van der Waals surface area contributed by atoms with E-state index in [0.717, 1.165) is 16.7 Å². The lowest BCUT2D eigenvalue weighted by Crippen LogP contribution is -2.27. The van der Waals surface area contributed by atoms with Crippen molar-refractivity contribution in [3.05, 3.63) is 64.7 Å². The summed E-state index contributed by atoms with van der Waals surface area (Å²) in [6.45, 7) is 5.69. The number of carbonyl (C=O) groups is 1. The van der Waals surface area contributed by atoms with Crippen molar-refractivity contribution in [3.8, 4) is 0 Å². The van der Waals surface area contributed by atoms with Gasteiger partial charge in [-0.05, 0) is 44.0 Å². The van der Waals surface area contributed by atoms with Crippen LogP contribution >= 0.6 is 0 Å². The molecule has 0 heterocycles. The van der Waals surface area contributed by atoms with Crippen molar-refractivity contribution in [3.63, 3.8) is 0 Å². The normalized spacial score (nSPS) is 11.7. The standard InChI is InChI=1S/C18H21NO3S/c1-13-8-9-17(14(2)10-13)12-19(4)23(21,22)18-7-5-6-16(11-18)15(3)20/h5-11H,12H2,1-4H3. The first-order valence-corrected chi connectivity index (χ1v) is 8.79. The largest absolute Gasteiger partial charge is 0.295 e. The van der Waals surface area contributed by atoms with E-state index in [1.54, 1.807) is 19.2 Å². The minimum atomic E-state index is -3.64. The average molecular weight is 331 g/mol. The minimum Gasteiger partial charge on any atom is -0.295 e. The lowest BCUT2D eigenvalue weighted by atomic mass is 10.1. The Balaban J connectivity index is 2.31. The van der Waals surface area contributed by atoms with Crippen LogP contribution in [0.15, 0.2) is 47.4 Å². The van der Waals surface area contributed by atoms with Crippen molar-refractivity contribution >= 4 is 15.8 Å².